The first-order valence-corrected chi connectivity index (χ1v) is 13.2. The lowest BCUT2D eigenvalue weighted by molar-refractivity contribution is 0.462. The Kier molecular flexibility index (Phi) is 6.96. The van der Waals surface area contributed by atoms with Crippen LogP contribution in [0.25, 0.3) is 11.4 Å². The normalized spacial score (nSPS) is 17.4. The molecule has 2 aromatic carbocycles. The predicted molar refractivity (Wildman–Crippen MR) is 142 cm³/mol. The molecule has 0 saturated carbocycles. The lowest BCUT2D eigenvalue weighted by atomic mass is 9.87. The molecule has 0 spiro atoms. The van der Waals surface area contributed by atoms with E-state index in [9.17, 15) is 0 Å². The lowest BCUT2D eigenvalue weighted by Crippen LogP contribution is -2.39. The fourth-order valence-corrected chi connectivity index (χ4v) is 5.64. The van der Waals surface area contributed by atoms with Gasteiger partial charge in [-0.25, -0.2) is 9.97 Å². The summed E-state index contributed by atoms with van der Waals surface area (Å²) in [5.41, 5.74) is 9.39. The average Bonchev–Trinajstić information content (AvgIpc) is 2.83. The van der Waals surface area contributed by atoms with Gasteiger partial charge in [0, 0.05) is 36.0 Å². The van der Waals surface area contributed by atoms with Crippen molar-refractivity contribution < 1.29 is 0 Å². The molecule has 34 heavy (non-hydrogen) atoms. The quantitative estimate of drug-likeness (QED) is 0.453. The van der Waals surface area contributed by atoms with E-state index in [-0.39, 0.29) is 0 Å². The van der Waals surface area contributed by atoms with Crippen molar-refractivity contribution in [3.63, 3.8) is 0 Å². The largest absolute Gasteiger partial charge is 0.356 e. The van der Waals surface area contributed by atoms with Gasteiger partial charge in [-0.1, -0.05) is 56.3 Å². The van der Waals surface area contributed by atoms with E-state index >= 15 is 0 Å². The molecular weight excluding hydrogens is 416 g/mol. The van der Waals surface area contributed by atoms with E-state index < -0.39 is 0 Å². The maximum absolute atomic E-state index is 5.23. The highest BCUT2D eigenvalue weighted by molar-refractivity contribution is 5.68. The van der Waals surface area contributed by atoms with E-state index in [2.05, 4.69) is 73.5 Å². The number of nitrogens with zero attached hydrogens (tertiary/aromatic N) is 3. The van der Waals surface area contributed by atoms with Gasteiger partial charge in [-0.3, -0.25) is 0 Å². The van der Waals surface area contributed by atoms with Crippen LogP contribution >= 0.6 is 0 Å². The molecule has 1 fully saturated rings. The zero-order valence-corrected chi connectivity index (χ0v) is 21.0. The second-order valence-electron chi connectivity index (χ2n) is 9.78. The molecule has 178 valence electrons. The maximum atomic E-state index is 5.23. The minimum atomic E-state index is 0.460. The summed E-state index contributed by atoms with van der Waals surface area (Å²) >= 11 is 0. The molecule has 4 nitrogen and oxygen atoms in total. The monoisotopic (exact) mass is 454 g/mol. The van der Waals surface area contributed by atoms with Crippen molar-refractivity contribution >= 4 is 5.82 Å². The summed E-state index contributed by atoms with van der Waals surface area (Å²) in [7, 11) is 0. The Balaban J connectivity index is 1.42. The van der Waals surface area contributed by atoms with Crippen LogP contribution in [0, 0.1) is 6.92 Å². The third-order valence-electron chi connectivity index (χ3n) is 7.71. The van der Waals surface area contributed by atoms with Crippen LogP contribution in [-0.2, 0) is 25.7 Å². The molecule has 2 aliphatic rings. The van der Waals surface area contributed by atoms with Gasteiger partial charge in [-0.15, -0.1) is 0 Å². The van der Waals surface area contributed by atoms with Crippen LogP contribution in [0.5, 0.6) is 0 Å². The predicted octanol–water partition coefficient (Wildman–Crippen LogP) is 6.00. The molecule has 1 aliphatic heterocycles. The molecule has 1 aliphatic carbocycles. The maximum Gasteiger partial charge on any atom is 0.162 e. The van der Waals surface area contributed by atoms with E-state index in [1.54, 1.807) is 0 Å². The van der Waals surface area contributed by atoms with Crippen LogP contribution in [-0.4, -0.2) is 29.6 Å². The number of aromatic nitrogens is 2. The first-order valence-electron chi connectivity index (χ1n) is 13.2. The van der Waals surface area contributed by atoms with Crippen molar-refractivity contribution in [1.82, 2.24) is 15.3 Å². The summed E-state index contributed by atoms with van der Waals surface area (Å²) < 4.78 is 0. The molecule has 0 unspecified atom stereocenters. The standard InChI is InChI=1S/C30H38N4/c1-4-22-12-8-13-23(5-2)28(22)29-32-21(3)25(30(33-29)34-19-10-20-34)17-18-31-27-16-9-14-24-11-6-7-15-26(24)27/h6-8,11-13,15,27,31H,4-5,9-10,14,16-20H2,1-3H3/t27-/m0/s1. The second kappa shape index (κ2) is 10.3. The number of nitrogens with one attached hydrogen (secondary N) is 1. The van der Waals surface area contributed by atoms with Crippen molar-refractivity contribution in [2.75, 3.05) is 24.5 Å². The van der Waals surface area contributed by atoms with Crippen LogP contribution < -0.4 is 10.2 Å². The molecule has 1 N–H and O–H groups in total. The number of fused-ring (bicyclic) bond motifs is 1. The summed E-state index contributed by atoms with van der Waals surface area (Å²) in [5, 5.41) is 3.86. The number of benzene rings is 2. The van der Waals surface area contributed by atoms with Crippen LogP contribution in [0.4, 0.5) is 5.82 Å². The Morgan fingerprint density at radius 2 is 1.71 bits per heavy atom. The Hall–Kier alpha value is -2.72. The van der Waals surface area contributed by atoms with Gasteiger partial charge in [0.25, 0.3) is 0 Å². The Morgan fingerprint density at radius 3 is 2.41 bits per heavy atom. The van der Waals surface area contributed by atoms with Gasteiger partial charge in [0.2, 0.25) is 0 Å². The first-order chi connectivity index (χ1) is 16.7. The van der Waals surface area contributed by atoms with Crippen LogP contribution in [0.3, 0.4) is 0 Å². The van der Waals surface area contributed by atoms with Crippen LogP contribution in [0.15, 0.2) is 42.5 Å². The molecule has 5 rings (SSSR count). The van der Waals surface area contributed by atoms with Crippen molar-refractivity contribution in [3.05, 3.63) is 76.0 Å². The minimum Gasteiger partial charge on any atom is -0.356 e. The fourth-order valence-electron chi connectivity index (χ4n) is 5.64. The summed E-state index contributed by atoms with van der Waals surface area (Å²) in [6.45, 7) is 9.79. The smallest absolute Gasteiger partial charge is 0.162 e. The van der Waals surface area contributed by atoms with E-state index in [1.807, 2.05) is 0 Å². The fraction of sp³-hybridized carbons (Fsp3) is 0.467. The second-order valence-corrected chi connectivity index (χ2v) is 9.78. The molecule has 3 aromatic rings. The molecule has 1 saturated heterocycles. The van der Waals surface area contributed by atoms with Gasteiger partial charge < -0.3 is 10.2 Å². The summed E-state index contributed by atoms with van der Waals surface area (Å²) in [4.78, 5) is 12.8. The van der Waals surface area contributed by atoms with Gasteiger partial charge in [0.1, 0.15) is 5.82 Å². The average molecular weight is 455 g/mol. The minimum absolute atomic E-state index is 0.460. The summed E-state index contributed by atoms with van der Waals surface area (Å²) in [5.74, 6) is 2.07. The molecule has 1 aromatic heterocycles. The third-order valence-corrected chi connectivity index (χ3v) is 7.71. The number of rotatable bonds is 8. The highest BCUT2D eigenvalue weighted by Crippen LogP contribution is 2.33. The number of aryl methyl sites for hydroxylation is 4. The molecule has 1 atom stereocenters. The van der Waals surface area contributed by atoms with Crippen LogP contribution in [0.2, 0.25) is 0 Å². The van der Waals surface area contributed by atoms with Gasteiger partial charge in [-0.05, 0) is 80.7 Å². The number of hydrogen-bond donors (Lipinski definition) is 1. The third kappa shape index (κ3) is 4.48. The summed E-state index contributed by atoms with van der Waals surface area (Å²) in [6, 6.07) is 16.0. The van der Waals surface area contributed by atoms with Crippen molar-refractivity contribution in [1.29, 1.82) is 0 Å². The lowest BCUT2D eigenvalue weighted by Gasteiger charge is -2.34. The van der Waals surface area contributed by atoms with Crippen molar-refractivity contribution in [3.8, 4) is 11.4 Å². The molecular formula is C30H38N4. The SMILES string of the molecule is CCc1cccc(CC)c1-c1nc(C)c(CCN[C@H]2CCCc3ccccc32)c(N2CCC2)n1. The Bertz CT molecular complexity index is 1130. The number of anilines is 1. The zero-order chi connectivity index (χ0) is 23.5. The molecule has 2 heterocycles. The molecule has 0 amide bonds. The van der Waals surface area contributed by atoms with Gasteiger partial charge >= 0.3 is 0 Å². The molecule has 0 radical (unpaired) electrons. The highest BCUT2D eigenvalue weighted by atomic mass is 15.2. The molecule has 4 heteroatoms. The van der Waals surface area contributed by atoms with Crippen molar-refractivity contribution in [2.45, 2.75) is 71.8 Å². The highest BCUT2D eigenvalue weighted by Gasteiger charge is 2.25. The van der Waals surface area contributed by atoms with Crippen LogP contribution in [0.1, 0.15) is 72.7 Å². The summed E-state index contributed by atoms with van der Waals surface area (Å²) in [6.07, 6.45) is 7.91. The van der Waals surface area contributed by atoms with E-state index in [1.165, 1.54) is 59.1 Å². The number of hydrogen-bond acceptors (Lipinski definition) is 4. The van der Waals surface area contributed by atoms with Gasteiger partial charge in [0.15, 0.2) is 5.82 Å². The Labute approximate surface area is 204 Å². The van der Waals surface area contributed by atoms with Gasteiger partial charge in [-0.2, -0.15) is 0 Å². The van der Waals surface area contributed by atoms with Crippen molar-refractivity contribution in [2.24, 2.45) is 0 Å². The van der Waals surface area contributed by atoms with E-state index in [0.717, 1.165) is 56.2 Å². The topological polar surface area (TPSA) is 41.1 Å². The van der Waals surface area contributed by atoms with Gasteiger partial charge in [0.05, 0.1) is 0 Å². The molecule has 0 bridgehead atoms. The zero-order valence-electron chi connectivity index (χ0n) is 21.0. The Morgan fingerprint density at radius 1 is 0.941 bits per heavy atom. The van der Waals surface area contributed by atoms with E-state index in [4.69, 9.17) is 9.97 Å². The first kappa shape index (κ1) is 23.0. The van der Waals surface area contributed by atoms with E-state index in [0.29, 0.717) is 6.04 Å².